The minimum Gasteiger partial charge on any atom is -0.120 e. The summed E-state index contributed by atoms with van der Waals surface area (Å²) in [7, 11) is 0. The molecule has 0 saturated heterocycles. The largest absolute Gasteiger partial charge is 0.120 e. The lowest BCUT2D eigenvalue weighted by Gasteiger charge is -2.16. The summed E-state index contributed by atoms with van der Waals surface area (Å²) in [6.45, 7) is 8.35. The molecule has 0 aliphatic heterocycles. The quantitative estimate of drug-likeness (QED) is 0.316. The number of hydrogen-bond acceptors (Lipinski definition) is 0. The third-order valence-corrected chi connectivity index (χ3v) is 5.11. The Balaban J connectivity index is 0.000000330. The highest BCUT2D eigenvalue weighted by Crippen LogP contribution is 2.28. The topological polar surface area (TPSA) is 0 Å². The van der Waals surface area contributed by atoms with Crippen molar-refractivity contribution in [1.82, 2.24) is 0 Å². The average molecular weight is 425 g/mol. The monoisotopic (exact) mass is 424 g/mol. The molecule has 32 heavy (non-hydrogen) atoms. The van der Waals surface area contributed by atoms with E-state index in [-0.39, 0.29) is 0 Å². The highest BCUT2D eigenvalue weighted by Gasteiger charge is 2.09. The summed E-state index contributed by atoms with van der Waals surface area (Å²) in [5, 5.41) is 0. The number of allylic oxidation sites excluding steroid dienone is 1. The summed E-state index contributed by atoms with van der Waals surface area (Å²) in [5.41, 5.74) is 5.40. The highest BCUT2D eigenvalue weighted by atomic mass is 14.1. The number of terminal acetylenes is 1. The standard InChI is InChI=1S/C19H24.C10H12.C3H4/c1-3-8-16(9-4-2)18-12-14-19(15-13-18)17-10-6-5-7-11-17;1-2-3-7-10-8-5-4-6-9-10;1-3-2/h5-7,10-16H,3-4,8-9H2,1-2H3;3-9H,2H2,1H3;1H,2H3/b;7-3+;. The molecule has 0 aliphatic rings. The van der Waals surface area contributed by atoms with Gasteiger partial charge in [-0.15, -0.1) is 12.3 Å². The summed E-state index contributed by atoms with van der Waals surface area (Å²) in [6.07, 6.45) is 15.2. The van der Waals surface area contributed by atoms with E-state index in [4.69, 9.17) is 0 Å². The lowest BCUT2D eigenvalue weighted by molar-refractivity contribution is 0.561. The zero-order valence-electron chi connectivity index (χ0n) is 20.4. The van der Waals surface area contributed by atoms with Crippen LogP contribution in [0.15, 0.2) is 91.0 Å². The third-order valence-electron chi connectivity index (χ3n) is 5.11. The van der Waals surface area contributed by atoms with Gasteiger partial charge in [0.15, 0.2) is 0 Å². The van der Waals surface area contributed by atoms with Crippen LogP contribution in [0, 0.1) is 12.3 Å². The van der Waals surface area contributed by atoms with Crippen molar-refractivity contribution >= 4 is 6.08 Å². The van der Waals surface area contributed by atoms with Gasteiger partial charge < -0.3 is 0 Å². The van der Waals surface area contributed by atoms with Crippen LogP contribution in [-0.4, -0.2) is 0 Å². The average Bonchev–Trinajstić information content (AvgIpc) is 2.85. The molecule has 0 spiro atoms. The van der Waals surface area contributed by atoms with Crippen molar-refractivity contribution in [3.63, 3.8) is 0 Å². The summed E-state index contributed by atoms with van der Waals surface area (Å²) in [4.78, 5) is 0. The zero-order chi connectivity index (χ0) is 23.4. The second-order valence-electron chi connectivity index (χ2n) is 7.77. The van der Waals surface area contributed by atoms with E-state index in [1.807, 2.05) is 6.07 Å². The molecule has 0 atom stereocenters. The number of hydrogen-bond donors (Lipinski definition) is 0. The molecule has 0 fully saturated rings. The highest BCUT2D eigenvalue weighted by molar-refractivity contribution is 5.63. The van der Waals surface area contributed by atoms with Gasteiger partial charge in [-0.2, -0.15) is 0 Å². The smallest absolute Gasteiger partial charge is 0.00297 e. The van der Waals surface area contributed by atoms with Gasteiger partial charge in [0.1, 0.15) is 0 Å². The Morgan fingerprint density at radius 1 is 0.719 bits per heavy atom. The van der Waals surface area contributed by atoms with Crippen LogP contribution in [0.4, 0.5) is 0 Å². The van der Waals surface area contributed by atoms with Gasteiger partial charge >= 0.3 is 0 Å². The molecule has 0 unspecified atom stereocenters. The Morgan fingerprint density at radius 2 is 1.19 bits per heavy atom. The Bertz CT molecular complexity index is 874. The Hall–Kier alpha value is -3.04. The number of rotatable bonds is 8. The van der Waals surface area contributed by atoms with Crippen molar-refractivity contribution in [2.75, 3.05) is 0 Å². The first kappa shape index (κ1) is 27.0. The SMILES string of the molecule is C#CC.CC/C=C/c1ccccc1.CCCC(CCC)c1ccc(-c2ccccc2)cc1. The number of benzene rings is 3. The van der Waals surface area contributed by atoms with Gasteiger partial charge in [0.25, 0.3) is 0 Å². The lowest BCUT2D eigenvalue weighted by Crippen LogP contribution is -1.98. The predicted molar refractivity (Wildman–Crippen MR) is 145 cm³/mol. The van der Waals surface area contributed by atoms with Crippen molar-refractivity contribution in [3.05, 3.63) is 102 Å². The molecule has 0 bridgehead atoms. The summed E-state index contributed by atoms with van der Waals surface area (Å²) in [6, 6.07) is 30.1. The van der Waals surface area contributed by atoms with Gasteiger partial charge in [-0.25, -0.2) is 0 Å². The molecule has 0 aliphatic carbocycles. The van der Waals surface area contributed by atoms with E-state index >= 15 is 0 Å². The van der Waals surface area contributed by atoms with Crippen molar-refractivity contribution in [2.45, 2.75) is 65.7 Å². The first-order chi connectivity index (χ1) is 15.7. The van der Waals surface area contributed by atoms with Crippen LogP contribution in [0.5, 0.6) is 0 Å². The van der Waals surface area contributed by atoms with E-state index in [1.54, 1.807) is 6.92 Å². The van der Waals surface area contributed by atoms with Gasteiger partial charge in [-0.05, 0) is 54.4 Å². The van der Waals surface area contributed by atoms with E-state index in [0.717, 1.165) is 12.3 Å². The van der Waals surface area contributed by atoms with Crippen LogP contribution in [0.25, 0.3) is 17.2 Å². The van der Waals surface area contributed by atoms with Crippen molar-refractivity contribution in [2.24, 2.45) is 0 Å². The Labute approximate surface area is 197 Å². The molecule has 0 nitrogen and oxygen atoms in total. The Kier molecular flexibility index (Phi) is 14.9. The van der Waals surface area contributed by atoms with Crippen molar-refractivity contribution in [1.29, 1.82) is 0 Å². The molecule has 0 heteroatoms. The Morgan fingerprint density at radius 3 is 1.66 bits per heavy atom. The molecule has 3 rings (SSSR count). The van der Waals surface area contributed by atoms with Crippen LogP contribution in [0.1, 0.15) is 76.8 Å². The van der Waals surface area contributed by atoms with Crippen LogP contribution in [-0.2, 0) is 0 Å². The van der Waals surface area contributed by atoms with Gasteiger partial charge in [-0.1, -0.05) is 131 Å². The maximum Gasteiger partial charge on any atom is -0.00297 e. The summed E-state index contributed by atoms with van der Waals surface area (Å²) < 4.78 is 0. The van der Waals surface area contributed by atoms with Crippen LogP contribution in [0.2, 0.25) is 0 Å². The predicted octanol–water partition coefficient (Wildman–Crippen LogP) is 9.79. The summed E-state index contributed by atoms with van der Waals surface area (Å²) in [5.74, 6) is 2.99. The van der Waals surface area contributed by atoms with Crippen LogP contribution in [0.3, 0.4) is 0 Å². The second-order valence-corrected chi connectivity index (χ2v) is 7.77. The fourth-order valence-corrected chi connectivity index (χ4v) is 3.57. The molecule has 0 saturated carbocycles. The molecule has 3 aromatic rings. The fraction of sp³-hybridized carbons (Fsp3) is 0.312. The van der Waals surface area contributed by atoms with Gasteiger partial charge in [-0.3, -0.25) is 0 Å². The maximum absolute atomic E-state index is 4.60. The normalized spacial score (nSPS) is 10.0. The fourth-order valence-electron chi connectivity index (χ4n) is 3.57. The van der Waals surface area contributed by atoms with Gasteiger partial charge in [0.05, 0.1) is 0 Å². The van der Waals surface area contributed by atoms with E-state index in [1.165, 1.54) is 47.9 Å². The van der Waals surface area contributed by atoms with Gasteiger partial charge in [0, 0.05) is 0 Å². The van der Waals surface area contributed by atoms with Crippen LogP contribution < -0.4 is 0 Å². The van der Waals surface area contributed by atoms with E-state index < -0.39 is 0 Å². The maximum atomic E-state index is 4.60. The van der Waals surface area contributed by atoms with Crippen LogP contribution >= 0.6 is 0 Å². The zero-order valence-corrected chi connectivity index (χ0v) is 20.4. The van der Waals surface area contributed by atoms with Gasteiger partial charge in [0.2, 0.25) is 0 Å². The molecule has 0 heterocycles. The van der Waals surface area contributed by atoms with E-state index in [2.05, 4.69) is 124 Å². The first-order valence-electron chi connectivity index (χ1n) is 11.9. The van der Waals surface area contributed by atoms with Crippen molar-refractivity contribution < 1.29 is 0 Å². The second kappa shape index (κ2) is 17.6. The molecular weight excluding hydrogens is 384 g/mol. The molecule has 0 radical (unpaired) electrons. The molecular formula is C32H40. The molecule has 0 amide bonds. The minimum absolute atomic E-state index is 0.736. The van der Waals surface area contributed by atoms with E-state index in [9.17, 15) is 0 Å². The lowest BCUT2D eigenvalue weighted by atomic mass is 9.89. The van der Waals surface area contributed by atoms with Crippen molar-refractivity contribution in [3.8, 4) is 23.5 Å². The molecule has 168 valence electrons. The third kappa shape index (κ3) is 10.8. The molecule has 3 aromatic carbocycles. The minimum atomic E-state index is 0.736. The molecule has 0 N–H and O–H groups in total. The first-order valence-corrected chi connectivity index (χ1v) is 11.9. The summed E-state index contributed by atoms with van der Waals surface area (Å²) >= 11 is 0. The van der Waals surface area contributed by atoms with E-state index in [0.29, 0.717) is 0 Å². The molecule has 0 aromatic heterocycles.